The van der Waals surface area contributed by atoms with Crippen molar-refractivity contribution < 1.29 is 9.59 Å². The minimum atomic E-state index is -0.0417. The molecule has 1 amide bonds. The van der Waals surface area contributed by atoms with Gasteiger partial charge in [0.2, 0.25) is 5.91 Å². The van der Waals surface area contributed by atoms with Crippen molar-refractivity contribution >= 4 is 17.4 Å². The summed E-state index contributed by atoms with van der Waals surface area (Å²) < 4.78 is 0. The number of hydrogen-bond donors (Lipinski definition) is 1. The fourth-order valence-corrected chi connectivity index (χ4v) is 1.78. The fourth-order valence-electron chi connectivity index (χ4n) is 1.78. The average Bonchev–Trinajstić information content (AvgIpc) is 2.60. The molecule has 84 valence electrons. The molecule has 2 rings (SSSR count). The van der Waals surface area contributed by atoms with E-state index in [2.05, 4.69) is 5.43 Å². The molecule has 0 aromatic heterocycles. The maximum Gasteiger partial charge on any atom is 0.245 e. The van der Waals surface area contributed by atoms with Crippen molar-refractivity contribution in [2.24, 2.45) is 5.92 Å². The molecule has 1 atom stereocenters. The summed E-state index contributed by atoms with van der Waals surface area (Å²) in [6.07, 6.45) is 0. The number of para-hydroxylation sites is 1. The van der Waals surface area contributed by atoms with E-state index in [9.17, 15) is 9.59 Å². The SMILES string of the molecule is CC(=O)c1ccccc1N1NCC(C)C1=O. The first-order chi connectivity index (χ1) is 7.61. The Kier molecular flexibility index (Phi) is 2.75. The van der Waals surface area contributed by atoms with Gasteiger partial charge in [-0.15, -0.1) is 0 Å². The number of ketones is 1. The number of benzene rings is 1. The molecule has 0 saturated carbocycles. The number of rotatable bonds is 2. The number of Topliss-reactive ketones (excluding diaryl/α,β-unsaturated/α-hetero) is 1. The molecule has 0 spiro atoms. The largest absolute Gasteiger partial charge is 0.294 e. The normalized spacial score (nSPS) is 20.2. The van der Waals surface area contributed by atoms with Crippen molar-refractivity contribution in [2.75, 3.05) is 11.6 Å². The summed E-state index contributed by atoms with van der Waals surface area (Å²) in [5.41, 5.74) is 4.21. The van der Waals surface area contributed by atoms with Crippen LogP contribution in [0.1, 0.15) is 24.2 Å². The number of nitrogens with one attached hydrogen (secondary N) is 1. The maximum atomic E-state index is 11.8. The van der Waals surface area contributed by atoms with Gasteiger partial charge in [-0.25, -0.2) is 10.4 Å². The van der Waals surface area contributed by atoms with Gasteiger partial charge < -0.3 is 0 Å². The van der Waals surface area contributed by atoms with E-state index in [1.165, 1.54) is 11.9 Å². The van der Waals surface area contributed by atoms with Crippen LogP contribution in [0.5, 0.6) is 0 Å². The van der Waals surface area contributed by atoms with Crippen molar-refractivity contribution in [1.82, 2.24) is 5.43 Å². The van der Waals surface area contributed by atoms with Crippen molar-refractivity contribution in [3.05, 3.63) is 29.8 Å². The minimum Gasteiger partial charge on any atom is -0.294 e. The molecule has 0 aliphatic carbocycles. The lowest BCUT2D eigenvalue weighted by atomic mass is 10.1. The van der Waals surface area contributed by atoms with Crippen LogP contribution >= 0.6 is 0 Å². The number of amides is 1. The Balaban J connectivity index is 2.41. The summed E-state index contributed by atoms with van der Waals surface area (Å²) in [5, 5.41) is 1.47. The summed E-state index contributed by atoms with van der Waals surface area (Å²) >= 11 is 0. The number of nitrogens with zero attached hydrogens (tertiary/aromatic N) is 1. The van der Waals surface area contributed by atoms with Gasteiger partial charge in [-0.3, -0.25) is 9.59 Å². The molecule has 1 aromatic rings. The van der Waals surface area contributed by atoms with Gasteiger partial charge in [0.1, 0.15) is 0 Å². The number of hydrazine groups is 1. The standard InChI is InChI=1S/C12H14N2O2/c1-8-7-13-14(12(8)16)11-6-4-3-5-10(11)9(2)15/h3-6,8,13H,7H2,1-2H3. The average molecular weight is 218 g/mol. The van der Waals surface area contributed by atoms with Gasteiger partial charge in [-0.2, -0.15) is 0 Å². The molecule has 1 aromatic carbocycles. The van der Waals surface area contributed by atoms with Crippen LogP contribution in [0.15, 0.2) is 24.3 Å². The molecule has 1 fully saturated rings. The molecular formula is C12H14N2O2. The number of hydrogen-bond acceptors (Lipinski definition) is 3. The molecule has 1 N–H and O–H groups in total. The zero-order valence-corrected chi connectivity index (χ0v) is 9.36. The quantitative estimate of drug-likeness (QED) is 0.763. The van der Waals surface area contributed by atoms with Crippen LogP contribution in [-0.4, -0.2) is 18.2 Å². The molecule has 1 aliphatic rings. The summed E-state index contributed by atoms with van der Waals surface area (Å²) in [5.74, 6) is -0.0709. The van der Waals surface area contributed by atoms with E-state index in [-0.39, 0.29) is 17.6 Å². The smallest absolute Gasteiger partial charge is 0.245 e. The van der Waals surface area contributed by atoms with E-state index in [1.807, 2.05) is 13.0 Å². The second-order valence-corrected chi connectivity index (χ2v) is 4.01. The van der Waals surface area contributed by atoms with Crippen molar-refractivity contribution in [3.63, 3.8) is 0 Å². The van der Waals surface area contributed by atoms with Gasteiger partial charge in [0.25, 0.3) is 0 Å². The van der Waals surface area contributed by atoms with Crippen LogP contribution < -0.4 is 10.4 Å². The summed E-state index contributed by atoms with van der Waals surface area (Å²) in [7, 11) is 0. The van der Waals surface area contributed by atoms with Crippen LogP contribution in [0.3, 0.4) is 0 Å². The first-order valence-corrected chi connectivity index (χ1v) is 5.28. The first-order valence-electron chi connectivity index (χ1n) is 5.28. The van der Waals surface area contributed by atoms with Crippen LogP contribution in [0, 0.1) is 5.92 Å². The molecule has 0 radical (unpaired) electrons. The molecule has 4 heteroatoms. The van der Waals surface area contributed by atoms with E-state index in [0.29, 0.717) is 17.8 Å². The second kappa shape index (κ2) is 4.06. The fraction of sp³-hybridized carbons (Fsp3) is 0.333. The van der Waals surface area contributed by atoms with Gasteiger partial charge in [0, 0.05) is 12.1 Å². The predicted octanol–water partition coefficient (Wildman–Crippen LogP) is 1.38. The van der Waals surface area contributed by atoms with Crippen LogP contribution in [-0.2, 0) is 4.79 Å². The number of carbonyl (C=O) groups excluding carboxylic acids is 2. The Labute approximate surface area is 94.2 Å². The predicted molar refractivity (Wildman–Crippen MR) is 61.1 cm³/mol. The van der Waals surface area contributed by atoms with Crippen molar-refractivity contribution in [1.29, 1.82) is 0 Å². The Morgan fingerprint density at radius 3 is 2.69 bits per heavy atom. The van der Waals surface area contributed by atoms with Gasteiger partial charge in [0.05, 0.1) is 11.6 Å². The maximum absolute atomic E-state index is 11.8. The van der Waals surface area contributed by atoms with E-state index < -0.39 is 0 Å². The van der Waals surface area contributed by atoms with Crippen molar-refractivity contribution in [3.8, 4) is 0 Å². The topological polar surface area (TPSA) is 49.4 Å². The molecular weight excluding hydrogens is 204 g/mol. The number of carbonyl (C=O) groups is 2. The molecule has 1 aliphatic heterocycles. The lowest BCUT2D eigenvalue weighted by Crippen LogP contribution is -2.35. The molecule has 4 nitrogen and oxygen atoms in total. The highest BCUT2D eigenvalue weighted by Crippen LogP contribution is 2.23. The Morgan fingerprint density at radius 1 is 1.44 bits per heavy atom. The van der Waals surface area contributed by atoms with E-state index in [0.717, 1.165) is 0 Å². The Morgan fingerprint density at radius 2 is 2.12 bits per heavy atom. The third-order valence-electron chi connectivity index (χ3n) is 2.72. The third kappa shape index (κ3) is 1.72. The monoisotopic (exact) mass is 218 g/mol. The van der Waals surface area contributed by atoms with Gasteiger partial charge in [-0.1, -0.05) is 19.1 Å². The van der Waals surface area contributed by atoms with Crippen LogP contribution in [0.4, 0.5) is 5.69 Å². The van der Waals surface area contributed by atoms with Gasteiger partial charge in [0.15, 0.2) is 5.78 Å². The molecule has 0 bridgehead atoms. The highest BCUT2D eigenvalue weighted by molar-refractivity contribution is 6.05. The molecule has 1 unspecified atom stereocenters. The van der Waals surface area contributed by atoms with E-state index in [4.69, 9.17) is 0 Å². The third-order valence-corrected chi connectivity index (χ3v) is 2.72. The zero-order valence-electron chi connectivity index (χ0n) is 9.36. The minimum absolute atomic E-state index is 0.00806. The molecule has 16 heavy (non-hydrogen) atoms. The highest BCUT2D eigenvalue weighted by atomic mass is 16.2. The van der Waals surface area contributed by atoms with Crippen LogP contribution in [0.2, 0.25) is 0 Å². The Bertz CT molecular complexity index is 442. The first kappa shape index (κ1) is 10.8. The van der Waals surface area contributed by atoms with E-state index in [1.54, 1.807) is 18.2 Å². The summed E-state index contributed by atoms with van der Waals surface area (Å²) in [4.78, 5) is 23.3. The highest BCUT2D eigenvalue weighted by Gasteiger charge is 2.30. The summed E-state index contributed by atoms with van der Waals surface area (Å²) in [6.45, 7) is 3.99. The molecule has 1 saturated heterocycles. The lowest BCUT2D eigenvalue weighted by molar-refractivity contribution is -0.119. The second-order valence-electron chi connectivity index (χ2n) is 4.01. The van der Waals surface area contributed by atoms with Gasteiger partial charge in [-0.05, 0) is 19.1 Å². The Hall–Kier alpha value is -1.68. The number of anilines is 1. The molecule has 1 heterocycles. The zero-order chi connectivity index (χ0) is 11.7. The van der Waals surface area contributed by atoms with E-state index >= 15 is 0 Å². The summed E-state index contributed by atoms with van der Waals surface area (Å²) in [6, 6.07) is 7.12. The van der Waals surface area contributed by atoms with Gasteiger partial charge >= 0.3 is 0 Å². The van der Waals surface area contributed by atoms with Crippen molar-refractivity contribution in [2.45, 2.75) is 13.8 Å². The van der Waals surface area contributed by atoms with Crippen LogP contribution in [0.25, 0.3) is 0 Å². The lowest BCUT2D eigenvalue weighted by Gasteiger charge is -2.18.